The second kappa shape index (κ2) is 5.80. The molecule has 3 rings (SSSR count). The molecule has 0 spiro atoms. The van der Waals surface area contributed by atoms with Gasteiger partial charge in [0.1, 0.15) is 18.9 Å². The molecule has 7 heteroatoms. The van der Waals surface area contributed by atoms with Crippen LogP contribution in [0.3, 0.4) is 0 Å². The first-order valence-corrected chi connectivity index (χ1v) is 6.65. The first kappa shape index (κ1) is 14.0. The Bertz CT molecular complexity index is 769. The van der Waals surface area contributed by atoms with Crippen molar-refractivity contribution in [2.45, 2.75) is 0 Å². The average Bonchev–Trinajstić information content (AvgIpc) is 2.54. The Labute approximate surface area is 125 Å². The number of aromatic amines is 1. The summed E-state index contributed by atoms with van der Waals surface area (Å²) >= 11 is 0. The summed E-state index contributed by atoms with van der Waals surface area (Å²) in [6, 6.07) is 6.29. The molecule has 7 nitrogen and oxygen atoms in total. The van der Waals surface area contributed by atoms with Crippen molar-refractivity contribution in [2.24, 2.45) is 0 Å². The molecule has 1 amide bonds. The maximum Gasteiger partial charge on any atom is 0.272 e. The number of methoxy groups -OCH3 is 1. The third kappa shape index (κ3) is 2.73. The van der Waals surface area contributed by atoms with Crippen LogP contribution in [0.2, 0.25) is 0 Å². The Morgan fingerprint density at radius 3 is 2.73 bits per heavy atom. The third-order valence-corrected chi connectivity index (χ3v) is 3.14. The number of fused-ring (bicyclic) bond motifs is 1. The molecule has 0 fully saturated rings. The third-order valence-electron chi connectivity index (χ3n) is 3.14. The first-order valence-electron chi connectivity index (χ1n) is 6.65. The monoisotopic (exact) mass is 302 g/mol. The van der Waals surface area contributed by atoms with Gasteiger partial charge in [0.2, 0.25) is 5.43 Å². The van der Waals surface area contributed by atoms with Gasteiger partial charge in [0.05, 0.1) is 7.11 Å². The van der Waals surface area contributed by atoms with Crippen LogP contribution in [0.25, 0.3) is 0 Å². The van der Waals surface area contributed by atoms with Crippen LogP contribution in [0.1, 0.15) is 10.5 Å². The lowest BCUT2D eigenvalue weighted by molar-refractivity contribution is 0.102. The van der Waals surface area contributed by atoms with Crippen molar-refractivity contribution in [2.75, 3.05) is 25.6 Å². The number of anilines is 1. The van der Waals surface area contributed by atoms with Gasteiger partial charge in [-0.3, -0.25) is 9.59 Å². The van der Waals surface area contributed by atoms with Crippen molar-refractivity contribution < 1.29 is 19.0 Å². The van der Waals surface area contributed by atoms with E-state index in [1.807, 2.05) is 0 Å². The lowest BCUT2D eigenvalue weighted by atomic mass is 10.2. The van der Waals surface area contributed by atoms with Crippen molar-refractivity contribution >= 4 is 11.6 Å². The van der Waals surface area contributed by atoms with E-state index < -0.39 is 5.91 Å². The largest absolute Gasteiger partial charge is 0.491 e. The molecule has 22 heavy (non-hydrogen) atoms. The average molecular weight is 302 g/mol. The zero-order valence-corrected chi connectivity index (χ0v) is 11.8. The van der Waals surface area contributed by atoms with E-state index in [9.17, 15) is 9.59 Å². The SMILES string of the molecule is COc1c[nH]c(C(=O)Nc2ccc3c(c2)OCCO3)cc1=O. The number of hydrogen-bond acceptors (Lipinski definition) is 5. The summed E-state index contributed by atoms with van der Waals surface area (Å²) in [5, 5.41) is 2.69. The number of ether oxygens (including phenoxy) is 3. The second-order valence-corrected chi connectivity index (χ2v) is 4.59. The Balaban J connectivity index is 1.79. The van der Waals surface area contributed by atoms with Crippen LogP contribution < -0.4 is 25.0 Å². The van der Waals surface area contributed by atoms with E-state index in [1.54, 1.807) is 18.2 Å². The predicted molar refractivity (Wildman–Crippen MR) is 79.0 cm³/mol. The van der Waals surface area contributed by atoms with Crippen molar-refractivity contribution in [3.8, 4) is 17.2 Å². The maximum atomic E-state index is 12.1. The number of pyridine rings is 1. The molecule has 1 aliphatic heterocycles. The molecule has 114 valence electrons. The molecule has 2 heterocycles. The van der Waals surface area contributed by atoms with E-state index in [4.69, 9.17) is 14.2 Å². The van der Waals surface area contributed by atoms with Crippen molar-refractivity contribution in [1.82, 2.24) is 4.98 Å². The van der Waals surface area contributed by atoms with Crippen molar-refractivity contribution in [1.29, 1.82) is 0 Å². The molecule has 1 aromatic heterocycles. The number of amides is 1. The van der Waals surface area contributed by atoms with E-state index in [2.05, 4.69) is 10.3 Å². The Kier molecular flexibility index (Phi) is 3.69. The van der Waals surface area contributed by atoms with Gasteiger partial charge in [-0.2, -0.15) is 0 Å². The van der Waals surface area contributed by atoms with Crippen LogP contribution in [0.15, 0.2) is 35.3 Å². The smallest absolute Gasteiger partial charge is 0.272 e. The number of benzene rings is 1. The summed E-state index contributed by atoms with van der Waals surface area (Å²) in [7, 11) is 1.39. The number of hydrogen-bond donors (Lipinski definition) is 2. The number of rotatable bonds is 3. The van der Waals surface area contributed by atoms with Gasteiger partial charge in [-0.15, -0.1) is 0 Å². The molecule has 0 unspecified atom stereocenters. The van der Waals surface area contributed by atoms with E-state index in [1.165, 1.54) is 19.4 Å². The van der Waals surface area contributed by atoms with E-state index in [0.29, 0.717) is 30.4 Å². The Morgan fingerprint density at radius 1 is 1.23 bits per heavy atom. The molecule has 0 saturated carbocycles. The number of carbonyl (C=O) groups is 1. The number of nitrogens with one attached hydrogen (secondary N) is 2. The molecule has 0 bridgehead atoms. The minimum absolute atomic E-state index is 0.140. The van der Waals surface area contributed by atoms with Gasteiger partial charge < -0.3 is 24.5 Å². The molecule has 1 aliphatic rings. The van der Waals surface area contributed by atoms with Gasteiger partial charge in [0.15, 0.2) is 17.2 Å². The molecule has 0 aliphatic carbocycles. The number of aromatic nitrogens is 1. The fraction of sp³-hybridized carbons (Fsp3) is 0.200. The van der Waals surface area contributed by atoms with Crippen molar-refractivity contribution in [3.05, 3.63) is 46.4 Å². The van der Waals surface area contributed by atoms with E-state index >= 15 is 0 Å². The Hall–Kier alpha value is -2.96. The highest BCUT2D eigenvalue weighted by Crippen LogP contribution is 2.32. The van der Waals surface area contributed by atoms with Gasteiger partial charge in [-0.1, -0.05) is 0 Å². The highest BCUT2D eigenvalue weighted by atomic mass is 16.6. The van der Waals surface area contributed by atoms with Gasteiger partial charge in [-0.05, 0) is 12.1 Å². The number of carbonyl (C=O) groups excluding carboxylic acids is 1. The minimum Gasteiger partial charge on any atom is -0.491 e. The topological polar surface area (TPSA) is 89.7 Å². The molecular formula is C15H14N2O5. The molecule has 2 aromatic rings. The highest BCUT2D eigenvalue weighted by Gasteiger charge is 2.14. The molecule has 0 radical (unpaired) electrons. The van der Waals surface area contributed by atoms with Crippen LogP contribution in [-0.2, 0) is 0 Å². The van der Waals surface area contributed by atoms with E-state index in [-0.39, 0.29) is 16.9 Å². The first-order chi connectivity index (χ1) is 10.7. The lowest BCUT2D eigenvalue weighted by Gasteiger charge is -2.19. The summed E-state index contributed by atoms with van der Waals surface area (Å²) in [5.74, 6) is 0.932. The minimum atomic E-state index is -0.434. The fourth-order valence-corrected chi connectivity index (χ4v) is 2.07. The summed E-state index contributed by atoms with van der Waals surface area (Å²) in [5.41, 5.74) is 0.320. The normalized spacial score (nSPS) is 12.6. The fourth-order valence-electron chi connectivity index (χ4n) is 2.07. The van der Waals surface area contributed by atoms with Crippen molar-refractivity contribution in [3.63, 3.8) is 0 Å². The van der Waals surface area contributed by atoms with Crippen LogP contribution in [0, 0.1) is 0 Å². The quantitative estimate of drug-likeness (QED) is 0.894. The zero-order valence-electron chi connectivity index (χ0n) is 11.8. The molecule has 1 aromatic carbocycles. The summed E-state index contributed by atoms with van der Waals surface area (Å²) in [6.07, 6.45) is 1.35. The van der Waals surface area contributed by atoms with Gasteiger partial charge >= 0.3 is 0 Å². The number of H-pyrrole nitrogens is 1. The van der Waals surface area contributed by atoms with Crippen LogP contribution in [-0.4, -0.2) is 31.2 Å². The molecule has 0 atom stereocenters. The van der Waals surface area contributed by atoms with Gasteiger partial charge in [-0.25, -0.2) is 0 Å². The second-order valence-electron chi connectivity index (χ2n) is 4.59. The summed E-state index contributed by atoms with van der Waals surface area (Å²) < 4.78 is 15.7. The van der Waals surface area contributed by atoms with Crippen LogP contribution >= 0.6 is 0 Å². The highest BCUT2D eigenvalue weighted by molar-refractivity contribution is 6.03. The zero-order chi connectivity index (χ0) is 15.5. The van der Waals surface area contributed by atoms with Gasteiger partial charge in [0.25, 0.3) is 5.91 Å². The molecule has 2 N–H and O–H groups in total. The van der Waals surface area contributed by atoms with Crippen LogP contribution in [0.5, 0.6) is 17.2 Å². The molecule has 0 saturated heterocycles. The standard InChI is InChI=1S/C15H14N2O5/c1-20-14-8-16-10(7-11(14)18)15(19)17-9-2-3-12-13(6-9)22-5-4-21-12/h2-3,6-8H,4-5H2,1H3,(H,16,18)(H,17,19). The van der Waals surface area contributed by atoms with E-state index in [0.717, 1.165) is 0 Å². The molecular weight excluding hydrogens is 288 g/mol. The van der Waals surface area contributed by atoms with Gasteiger partial charge in [0, 0.05) is 24.0 Å². The Morgan fingerprint density at radius 2 is 2.00 bits per heavy atom. The maximum absolute atomic E-state index is 12.1. The summed E-state index contributed by atoms with van der Waals surface area (Å²) in [4.78, 5) is 26.5. The lowest BCUT2D eigenvalue weighted by Crippen LogP contribution is -2.18. The van der Waals surface area contributed by atoms with Crippen LogP contribution in [0.4, 0.5) is 5.69 Å². The predicted octanol–water partition coefficient (Wildman–Crippen LogP) is 1.41. The summed E-state index contributed by atoms with van der Waals surface area (Å²) in [6.45, 7) is 0.974.